The third kappa shape index (κ3) is 5.82. The van der Waals surface area contributed by atoms with Crippen molar-refractivity contribution < 1.29 is 16.8 Å². The van der Waals surface area contributed by atoms with Crippen LogP contribution in [0.4, 0.5) is 0 Å². The predicted octanol–water partition coefficient (Wildman–Crippen LogP) is 6.82. The van der Waals surface area contributed by atoms with Gasteiger partial charge in [0, 0.05) is 0 Å². The predicted molar refractivity (Wildman–Crippen MR) is 178 cm³/mol. The molecule has 5 aromatic rings. The molecule has 0 saturated heterocycles. The fourth-order valence-electron chi connectivity index (χ4n) is 5.14. The molecule has 0 amide bonds. The van der Waals surface area contributed by atoms with Crippen molar-refractivity contribution in [1.29, 1.82) is 0 Å². The summed E-state index contributed by atoms with van der Waals surface area (Å²) in [5.74, 6) is 0. The largest absolute Gasteiger partial charge is 0.397 e. The second-order valence-corrected chi connectivity index (χ2v) is 14.0. The van der Waals surface area contributed by atoms with Crippen molar-refractivity contribution >= 4 is 40.9 Å². The Bertz CT molecular complexity index is 1970. The Morgan fingerprint density at radius 1 is 0.432 bits per heavy atom. The van der Waals surface area contributed by atoms with Crippen LogP contribution in [0.2, 0.25) is 0 Å². The maximum absolute atomic E-state index is 14.1. The molecular formula is C36H32N2O4S2. The highest BCUT2D eigenvalue weighted by atomic mass is 32.2. The lowest BCUT2D eigenvalue weighted by molar-refractivity contribution is 0.603. The summed E-state index contributed by atoms with van der Waals surface area (Å²) in [6.07, 6.45) is 0. The van der Waals surface area contributed by atoms with E-state index in [0.29, 0.717) is 33.4 Å². The minimum atomic E-state index is -4.07. The second-order valence-electron chi connectivity index (χ2n) is 10.3. The molecule has 0 spiro atoms. The molecule has 0 aromatic heterocycles. The summed E-state index contributed by atoms with van der Waals surface area (Å²) in [5, 5.41) is 0. The Hall–Kier alpha value is -4.92. The monoisotopic (exact) mass is 620 g/mol. The topological polar surface area (TPSA) is 120 Å². The van der Waals surface area contributed by atoms with Gasteiger partial charge in [0.2, 0.25) is 19.7 Å². The van der Waals surface area contributed by atoms with Gasteiger partial charge in [0.25, 0.3) is 0 Å². The fourth-order valence-corrected chi connectivity index (χ4v) is 8.79. The number of hydrogen-bond donors (Lipinski definition) is 2. The van der Waals surface area contributed by atoms with Gasteiger partial charge >= 0.3 is 0 Å². The van der Waals surface area contributed by atoms with Gasteiger partial charge < -0.3 is 11.5 Å². The molecule has 5 aromatic carbocycles. The highest BCUT2D eigenvalue weighted by Gasteiger charge is 2.29. The zero-order valence-electron chi connectivity index (χ0n) is 24.3. The lowest BCUT2D eigenvalue weighted by Gasteiger charge is -2.17. The molecule has 0 atom stereocenters. The normalized spacial score (nSPS) is 13.1. The van der Waals surface area contributed by atoms with Crippen LogP contribution in [0.15, 0.2) is 143 Å². The molecule has 0 radical (unpaired) electrons. The Morgan fingerprint density at radius 3 is 1.11 bits per heavy atom. The summed E-state index contributed by atoms with van der Waals surface area (Å²) < 4.78 is 56.6. The van der Waals surface area contributed by atoms with Gasteiger partial charge in [-0.3, -0.25) is 0 Å². The first kappa shape index (κ1) is 30.5. The van der Waals surface area contributed by atoms with E-state index in [1.165, 1.54) is 0 Å². The van der Waals surface area contributed by atoms with Crippen molar-refractivity contribution in [3.63, 3.8) is 0 Å². The smallest absolute Gasteiger partial charge is 0.209 e. The van der Waals surface area contributed by atoms with Crippen molar-refractivity contribution in [1.82, 2.24) is 0 Å². The zero-order chi connectivity index (χ0) is 31.5. The van der Waals surface area contributed by atoms with Crippen molar-refractivity contribution in [2.75, 3.05) is 0 Å². The average molecular weight is 621 g/mol. The minimum absolute atomic E-state index is 0.0112. The van der Waals surface area contributed by atoms with E-state index < -0.39 is 19.7 Å². The minimum Gasteiger partial charge on any atom is -0.397 e. The van der Waals surface area contributed by atoms with Crippen LogP contribution in [0.5, 0.6) is 0 Å². The molecule has 0 fully saturated rings. The van der Waals surface area contributed by atoms with E-state index in [9.17, 15) is 16.8 Å². The molecule has 4 N–H and O–H groups in total. The molecule has 0 aliphatic heterocycles. The van der Waals surface area contributed by atoms with Crippen LogP contribution >= 0.6 is 0 Å². The molecule has 5 rings (SSSR count). The van der Waals surface area contributed by atoms with Crippen LogP contribution in [-0.4, -0.2) is 16.8 Å². The van der Waals surface area contributed by atoms with Crippen LogP contribution < -0.4 is 11.5 Å². The highest BCUT2D eigenvalue weighted by molar-refractivity contribution is 8.01. The van der Waals surface area contributed by atoms with Gasteiger partial charge in [-0.1, -0.05) is 115 Å². The lowest BCUT2D eigenvalue weighted by Crippen LogP contribution is -2.14. The molecule has 0 unspecified atom stereocenters. The quantitative estimate of drug-likeness (QED) is 0.184. The summed E-state index contributed by atoms with van der Waals surface area (Å²) in [6.45, 7) is 3.47. The number of nitrogens with two attached hydrogens (primary N) is 2. The lowest BCUT2D eigenvalue weighted by atomic mass is 10.0. The van der Waals surface area contributed by atoms with E-state index in [0.717, 1.165) is 0 Å². The van der Waals surface area contributed by atoms with E-state index >= 15 is 0 Å². The first-order chi connectivity index (χ1) is 21.0. The highest BCUT2D eigenvalue weighted by Crippen LogP contribution is 2.37. The fraction of sp³-hybridized carbons (Fsp3) is 0.0556. The first-order valence-corrected chi connectivity index (χ1v) is 16.8. The zero-order valence-corrected chi connectivity index (χ0v) is 25.9. The number of hydrogen-bond acceptors (Lipinski definition) is 6. The van der Waals surface area contributed by atoms with Gasteiger partial charge in [-0.2, -0.15) is 0 Å². The summed E-state index contributed by atoms with van der Waals surface area (Å²) in [5.41, 5.74) is 16.2. The van der Waals surface area contributed by atoms with Gasteiger partial charge in [-0.15, -0.1) is 0 Å². The van der Waals surface area contributed by atoms with Crippen molar-refractivity contribution in [2.45, 2.75) is 23.6 Å². The molecular weight excluding hydrogens is 589 g/mol. The third-order valence-corrected chi connectivity index (χ3v) is 11.4. The van der Waals surface area contributed by atoms with E-state index in [1.54, 1.807) is 147 Å². The molecule has 0 saturated carbocycles. The molecule has 0 aliphatic carbocycles. The summed E-state index contributed by atoms with van der Waals surface area (Å²) in [7, 11) is -8.15. The van der Waals surface area contributed by atoms with Crippen LogP contribution in [0.3, 0.4) is 0 Å². The van der Waals surface area contributed by atoms with Crippen LogP contribution in [0.1, 0.15) is 33.4 Å². The molecule has 222 valence electrons. The summed E-state index contributed by atoms with van der Waals surface area (Å²) >= 11 is 0. The Morgan fingerprint density at radius 2 is 0.750 bits per heavy atom. The van der Waals surface area contributed by atoms with Gasteiger partial charge in [-0.05, 0) is 65.4 Å². The number of aryl methyl sites for hydroxylation is 2. The van der Waals surface area contributed by atoms with Gasteiger partial charge in [0.1, 0.15) is 9.81 Å². The van der Waals surface area contributed by atoms with E-state index in [4.69, 9.17) is 11.5 Å². The van der Waals surface area contributed by atoms with E-state index in [1.807, 2.05) is 0 Å². The standard InChI is InChI=1S/C36H32N2O4S2/c1-25-14-9-11-22-31(25)43(39,40)35(27-16-5-3-6-17-27)33(37)29-20-13-21-30(24-29)34(38)36(28-18-7-4-8-19-28)44(41,42)32-23-12-10-15-26(32)2/h3-24H,37-38H2,1-2H3. The molecule has 0 bridgehead atoms. The third-order valence-electron chi connectivity index (χ3n) is 7.35. The van der Waals surface area contributed by atoms with Gasteiger partial charge in [0.05, 0.1) is 21.2 Å². The maximum atomic E-state index is 14.1. The average Bonchev–Trinajstić information content (AvgIpc) is 3.02. The molecule has 0 aliphatic rings. The SMILES string of the molecule is Cc1ccccc1S(=O)(=O)C(=C(N)c1cccc(C(N)=C(c2ccccc2)S(=O)(=O)c2ccccc2C)c1)c1ccccc1. The Balaban J connectivity index is 1.76. The van der Waals surface area contributed by atoms with Crippen molar-refractivity contribution in [2.24, 2.45) is 11.5 Å². The Labute approximate surface area is 258 Å². The Kier molecular flexibility index (Phi) is 8.58. The molecule has 44 heavy (non-hydrogen) atoms. The summed E-state index contributed by atoms with van der Waals surface area (Å²) in [6, 6.07) is 37.5. The van der Waals surface area contributed by atoms with E-state index in [2.05, 4.69) is 0 Å². The number of sulfone groups is 2. The van der Waals surface area contributed by atoms with Crippen molar-refractivity contribution in [3.8, 4) is 0 Å². The number of benzene rings is 5. The molecule has 6 nitrogen and oxygen atoms in total. The number of rotatable bonds is 8. The van der Waals surface area contributed by atoms with Gasteiger partial charge in [-0.25, -0.2) is 16.8 Å². The first-order valence-electron chi connectivity index (χ1n) is 13.9. The molecule has 0 heterocycles. The van der Waals surface area contributed by atoms with E-state index in [-0.39, 0.29) is 31.0 Å². The second kappa shape index (κ2) is 12.4. The van der Waals surface area contributed by atoms with Gasteiger partial charge in [0.15, 0.2) is 0 Å². The van der Waals surface area contributed by atoms with Crippen LogP contribution in [-0.2, 0) is 19.7 Å². The van der Waals surface area contributed by atoms with Crippen LogP contribution in [0.25, 0.3) is 21.2 Å². The maximum Gasteiger partial charge on any atom is 0.209 e. The van der Waals surface area contributed by atoms with Crippen molar-refractivity contribution in [3.05, 3.63) is 167 Å². The summed E-state index contributed by atoms with van der Waals surface area (Å²) in [4.78, 5) is 0.187. The van der Waals surface area contributed by atoms with Crippen LogP contribution in [0, 0.1) is 13.8 Å². The molecule has 8 heteroatoms.